The third-order valence-corrected chi connectivity index (χ3v) is 13.7. The van der Waals surface area contributed by atoms with Gasteiger partial charge in [-0.3, -0.25) is 24.1 Å². The second kappa shape index (κ2) is 32.3. The highest BCUT2D eigenvalue weighted by atomic mass is 32.1. The van der Waals surface area contributed by atoms with E-state index in [1.54, 1.807) is 36.6 Å². The maximum Gasteiger partial charge on any atom is 0.407 e. The van der Waals surface area contributed by atoms with E-state index in [2.05, 4.69) is 60.2 Å². The molecule has 386 valence electrons. The van der Waals surface area contributed by atoms with Crippen LogP contribution < -0.4 is 10.6 Å². The van der Waals surface area contributed by atoms with Gasteiger partial charge < -0.3 is 39.6 Å². The van der Waals surface area contributed by atoms with Gasteiger partial charge in [-0.15, -0.1) is 11.3 Å². The van der Waals surface area contributed by atoms with E-state index in [9.17, 15) is 29.1 Å². The molecule has 1 aromatic heterocycles. The minimum absolute atomic E-state index is 0.00882. The van der Waals surface area contributed by atoms with Gasteiger partial charge in [-0.25, -0.2) is 9.78 Å². The van der Waals surface area contributed by atoms with E-state index >= 15 is 0 Å². The number of rotatable bonds is 34. The summed E-state index contributed by atoms with van der Waals surface area (Å²) in [6.07, 6.45) is 5.21. The standard InChI is InChI=1S/C50H80N8O10S/c1-9-20-58(49(63)40(35(6)11-3)30-44(60)42-14-12-13-21-57(42)8)43(34(4)5)31-46(67-22-10-2)48-55-41(33-69-48)47(62)54-38(29-37-15-17-39(59)18-16-37)28-36(7)45(61)32-52-50(64)68-27-26-66-25-24-65-23-19-53-56-51/h15-18,33-36,38,40,42-43,46,59H,9-14,19-32H2,1-8H3,(H,52,64)(H,54,62)/t35-,36-,38+,40-,42+,43+,46+/m0/s1. The van der Waals surface area contributed by atoms with E-state index in [0.29, 0.717) is 31.0 Å². The fraction of sp³-hybridized carbons (Fsp3) is 0.720. The zero-order valence-electron chi connectivity index (χ0n) is 42.4. The number of piperidine rings is 1. The molecule has 0 saturated carbocycles. The van der Waals surface area contributed by atoms with Crippen molar-refractivity contribution in [2.75, 3.05) is 72.9 Å². The molecule has 0 bridgehead atoms. The molecule has 2 aromatic rings. The van der Waals surface area contributed by atoms with E-state index in [-0.39, 0.29) is 112 Å². The van der Waals surface area contributed by atoms with E-state index < -0.39 is 36.0 Å². The summed E-state index contributed by atoms with van der Waals surface area (Å²) >= 11 is 1.33. The Labute approximate surface area is 413 Å². The van der Waals surface area contributed by atoms with Gasteiger partial charge in [0.1, 0.15) is 29.2 Å². The van der Waals surface area contributed by atoms with Gasteiger partial charge in [0.25, 0.3) is 5.91 Å². The first-order valence-electron chi connectivity index (χ1n) is 24.9. The van der Waals surface area contributed by atoms with Crippen molar-refractivity contribution in [3.8, 4) is 5.75 Å². The van der Waals surface area contributed by atoms with E-state index in [1.807, 2.05) is 18.9 Å². The maximum absolute atomic E-state index is 14.8. The molecular weight excluding hydrogens is 905 g/mol. The number of hydrogen-bond donors (Lipinski definition) is 3. The van der Waals surface area contributed by atoms with Crippen LogP contribution >= 0.6 is 11.3 Å². The SMILES string of the molecule is CCCO[C@H](C[C@H](C(C)C)N(CCC)C(=O)[C@@H](CC(=O)[C@H]1CCCCN1C)[C@@H](C)CC)c1nc(C(=O)N[C@@H](Cc2ccc(O)cc2)C[C@H](C)C(=O)CNC(=O)OCCOCCOCCN=[N+]=[N-])cs1. The molecule has 0 unspecified atom stereocenters. The number of carbonyl (C=O) groups excluding carboxylic acids is 5. The number of alkyl carbamates (subject to hydrolysis) is 1. The summed E-state index contributed by atoms with van der Waals surface area (Å²) < 4.78 is 22.2. The van der Waals surface area contributed by atoms with Crippen LogP contribution in [0.4, 0.5) is 4.79 Å². The zero-order chi connectivity index (χ0) is 50.7. The molecule has 1 aliphatic heterocycles. The van der Waals surface area contributed by atoms with E-state index in [0.717, 1.165) is 50.6 Å². The van der Waals surface area contributed by atoms with Gasteiger partial charge in [0, 0.05) is 66.7 Å². The molecule has 69 heavy (non-hydrogen) atoms. The fourth-order valence-electron chi connectivity index (χ4n) is 8.54. The van der Waals surface area contributed by atoms with Crippen LogP contribution in [-0.4, -0.2) is 140 Å². The molecular formula is C50H80N8O10S. The monoisotopic (exact) mass is 985 g/mol. The third-order valence-electron chi connectivity index (χ3n) is 12.7. The molecule has 19 heteroatoms. The molecule has 3 N–H and O–H groups in total. The summed E-state index contributed by atoms with van der Waals surface area (Å²) in [6, 6.07) is 5.74. The van der Waals surface area contributed by atoms with E-state index in [4.69, 9.17) is 29.5 Å². The van der Waals surface area contributed by atoms with Crippen molar-refractivity contribution >= 4 is 40.8 Å². The Morgan fingerprint density at radius 3 is 2.33 bits per heavy atom. The molecule has 1 saturated heterocycles. The van der Waals surface area contributed by atoms with Crippen LogP contribution in [0.1, 0.15) is 133 Å². The molecule has 7 atom stereocenters. The number of likely N-dealkylation sites (N-methyl/N-ethyl adjacent to an activating group) is 1. The summed E-state index contributed by atoms with van der Waals surface area (Å²) in [6.45, 7) is 17.0. The predicted octanol–water partition coefficient (Wildman–Crippen LogP) is 8.08. The van der Waals surface area contributed by atoms with Crippen LogP contribution in [-0.2, 0) is 39.8 Å². The average Bonchev–Trinajstić information content (AvgIpc) is 3.83. The first-order chi connectivity index (χ1) is 33.1. The number of ketones is 2. The summed E-state index contributed by atoms with van der Waals surface area (Å²) in [5.41, 5.74) is 9.32. The van der Waals surface area contributed by atoms with Crippen molar-refractivity contribution in [3.05, 3.63) is 56.4 Å². The number of thiazole rings is 1. The molecule has 3 amide bonds. The number of aromatic nitrogens is 1. The normalized spacial score (nSPS) is 16.6. The molecule has 0 aliphatic carbocycles. The van der Waals surface area contributed by atoms with Crippen molar-refractivity contribution in [1.82, 2.24) is 25.4 Å². The van der Waals surface area contributed by atoms with Gasteiger partial charge in [0.15, 0.2) is 11.6 Å². The number of phenolic OH excluding ortho intramolecular Hbond substituents is 1. The lowest BCUT2D eigenvalue weighted by molar-refractivity contribution is -0.145. The Morgan fingerprint density at radius 2 is 1.68 bits per heavy atom. The van der Waals surface area contributed by atoms with Crippen LogP contribution in [0.15, 0.2) is 34.8 Å². The Bertz CT molecular complexity index is 1910. The Kier molecular flexibility index (Phi) is 27.4. The third kappa shape index (κ3) is 20.7. The highest BCUT2D eigenvalue weighted by molar-refractivity contribution is 7.09. The molecule has 1 fully saturated rings. The number of nitrogens with one attached hydrogen (secondary N) is 2. The average molecular weight is 985 g/mol. The number of Topliss-reactive ketones (excluding diaryl/α,β-unsaturated/α-hetero) is 2. The molecule has 2 heterocycles. The Morgan fingerprint density at radius 1 is 0.971 bits per heavy atom. The second-order valence-corrected chi connectivity index (χ2v) is 19.4. The van der Waals surface area contributed by atoms with Crippen molar-refractivity contribution in [2.45, 2.75) is 137 Å². The largest absolute Gasteiger partial charge is 0.508 e. The highest BCUT2D eigenvalue weighted by Crippen LogP contribution is 2.34. The van der Waals surface area contributed by atoms with Gasteiger partial charge >= 0.3 is 6.09 Å². The number of phenols is 1. The molecule has 1 aliphatic rings. The molecule has 18 nitrogen and oxygen atoms in total. The lowest BCUT2D eigenvalue weighted by atomic mass is 9.82. The maximum atomic E-state index is 14.8. The molecule has 0 radical (unpaired) electrons. The summed E-state index contributed by atoms with van der Waals surface area (Å²) in [7, 11) is 2.01. The first kappa shape index (κ1) is 58.7. The number of amides is 3. The number of hydrogen-bond acceptors (Lipinski definition) is 14. The lowest BCUT2D eigenvalue weighted by Crippen LogP contribution is -2.50. The van der Waals surface area contributed by atoms with Crippen molar-refractivity contribution in [2.24, 2.45) is 28.8 Å². The van der Waals surface area contributed by atoms with Crippen LogP contribution in [0.2, 0.25) is 0 Å². The summed E-state index contributed by atoms with van der Waals surface area (Å²) in [5, 5.41) is 21.2. The Balaban J connectivity index is 1.73. The smallest absolute Gasteiger partial charge is 0.407 e. The predicted molar refractivity (Wildman–Crippen MR) is 266 cm³/mol. The molecule has 0 spiro atoms. The highest BCUT2D eigenvalue weighted by Gasteiger charge is 2.38. The number of carbonyl (C=O) groups is 5. The summed E-state index contributed by atoms with van der Waals surface area (Å²) in [4.78, 5) is 79.9. The van der Waals surface area contributed by atoms with Gasteiger partial charge in [-0.2, -0.15) is 0 Å². The number of nitrogens with zero attached hydrogens (tertiary/aromatic N) is 6. The topological polar surface area (TPSA) is 235 Å². The lowest BCUT2D eigenvalue weighted by Gasteiger charge is -2.40. The number of likely N-dealkylation sites (tertiary alicyclic amines) is 1. The van der Waals surface area contributed by atoms with Crippen LogP contribution in [0.5, 0.6) is 5.75 Å². The number of aromatic hydroxyl groups is 1. The first-order valence-corrected chi connectivity index (χ1v) is 25.8. The summed E-state index contributed by atoms with van der Waals surface area (Å²) in [5.74, 6) is -1.35. The molecule has 3 rings (SSSR count). The quantitative estimate of drug-likeness (QED) is 0.0261. The van der Waals surface area contributed by atoms with Gasteiger partial charge in [-0.05, 0) is 87.2 Å². The Hall–Kier alpha value is -4.65. The van der Waals surface area contributed by atoms with Crippen molar-refractivity contribution in [1.29, 1.82) is 0 Å². The number of benzene rings is 1. The van der Waals surface area contributed by atoms with Crippen molar-refractivity contribution in [3.63, 3.8) is 0 Å². The zero-order valence-corrected chi connectivity index (χ0v) is 43.2. The second-order valence-electron chi connectivity index (χ2n) is 18.5. The van der Waals surface area contributed by atoms with Crippen molar-refractivity contribution < 1.29 is 48.0 Å². The number of azide groups is 1. The molecule has 1 aromatic carbocycles. The van der Waals surface area contributed by atoms with Gasteiger partial charge in [0.05, 0.1) is 39.0 Å². The van der Waals surface area contributed by atoms with Crippen LogP contribution in [0, 0.1) is 23.7 Å². The minimum atomic E-state index is -0.770. The fourth-order valence-corrected chi connectivity index (χ4v) is 9.40. The van der Waals surface area contributed by atoms with Crippen LogP contribution in [0.3, 0.4) is 0 Å². The van der Waals surface area contributed by atoms with Gasteiger partial charge in [0.2, 0.25) is 5.91 Å². The van der Waals surface area contributed by atoms with Crippen LogP contribution in [0.25, 0.3) is 10.4 Å². The number of ether oxygens (including phenoxy) is 4. The van der Waals surface area contributed by atoms with Gasteiger partial charge in [-0.1, -0.05) is 78.6 Å². The van der Waals surface area contributed by atoms with E-state index in [1.165, 1.54) is 11.3 Å². The minimum Gasteiger partial charge on any atom is -0.508 e.